The summed E-state index contributed by atoms with van der Waals surface area (Å²) in [7, 11) is -9.92. The van der Waals surface area contributed by atoms with Gasteiger partial charge in [0.2, 0.25) is 0 Å². The first-order chi connectivity index (χ1) is 46.5. The molecule has 3 N–H and O–H groups in total. The van der Waals surface area contributed by atoms with Gasteiger partial charge in [0.25, 0.3) is 0 Å². The Morgan fingerprint density at radius 2 is 0.562 bits per heavy atom. The van der Waals surface area contributed by atoms with Crippen molar-refractivity contribution in [2.75, 3.05) is 39.6 Å². The second-order valence-corrected chi connectivity index (χ2v) is 30.4. The number of unbranched alkanes of at least 4 members (excludes halogenated alkanes) is 44. The maximum Gasteiger partial charge on any atom is 0.472 e. The van der Waals surface area contributed by atoms with E-state index >= 15 is 0 Å². The average molecular weight is 1410 g/mol. The van der Waals surface area contributed by atoms with Gasteiger partial charge in [0.1, 0.15) is 19.3 Å². The quantitative estimate of drug-likeness (QED) is 0.0169. The maximum atomic E-state index is 13.1. The summed E-state index contributed by atoms with van der Waals surface area (Å²) in [5, 5.41) is 10.6. The van der Waals surface area contributed by atoms with E-state index in [0.717, 1.165) is 115 Å². The second kappa shape index (κ2) is 69.6. The zero-order chi connectivity index (χ0) is 70.5. The summed E-state index contributed by atoms with van der Waals surface area (Å²) in [6, 6.07) is 0. The second-order valence-electron chi connectivity index (χ2n) is 27.5. The minimum absolute atomic E-state index is 0.102. The Balaban J connectivity index is 5.30. The number of allylic oxidation sites excluding steroid dienone is 4. The van der Waals surface area contributed by atoms with Crippen LogP contribution in [0.3, 0.4) is 0 Å². The topological polar surface area (TPSA) is 237 Å². The average Bonchev–Trinajstić information content (AvgIpc) is 1.79. The third-order valence-electron chi connectivity index (χ3n) is 17.4. The van der Waals surface area contributed by atoms with Crippen LogP contribution >= 0.6 is 15.6 Å². The van der Waals surface area contributed by atoms with Gasteiger partial charge in [-0.3, -0.25) is 37.3 Å². The number of rotatable bonds is 75. The smallest absolute Gasteiger partial charge is 0.462 e. The molecule has 17 nitrogen and oxygen atoms in total. The third-order valence-corrected chi connectivity index (χ3v) is 19.3. The molecule has 0 rings (SSSR count). The lowest BCUT2D eigenvalue weighted by atomic mass is 10.0. The predicted molar refractivity (Wildman–Crippen MR) is 391 cm³/mol. The fourth-order valence-corrected chi connectivity index (χ4v) is 12.9. The minimum atomic E-state index is -4.96. The van der Waals surface area contributed by atoms with E-state index in [4.69, 9.17) is 37.0 Å². The summed E-state index contributed by atoms with van der Waals surface area (Å²) < 4.78 is 68.5. The molecule has 0 spiro atoms. The first kappa shape index (κ1) is 93.5. The standard InChI is InChI=1S/C77H146O17P2/c1-6-9-12-15-18-21-24-27-29-31-33-36-42-47-52-57-62-76(81)93-72(66-88-75(80)61-56-51-46-41-35-32-30-28-25-22-19-16-13-10-7-2)68-91-95(83,84)89-64-71(78)65-90-96(85,86)92-69-73(67-87-74(79)60-55-50-45-40-34-26-23-20-17-14-11-8-3)94-77(82)63-58-53-48-43-38-37-39-44-49-54-59-70(4)5/h22,25,28,30,70-73,78H,6-21,23-24,26-27,29,31-69H2,1-5H3,(H,83,84)(H,85,86)/b25-22-,30-28-/t71-,72-,73-/m1/s1. The van der Waals surface area contributed by atoms with Gasteiger partial charge in [0.05, 0.1) is 26.4 Å². The summed E-state index contributed by atoms with van der Waals surface area (Å²) in [6.45, 7) is 7.23. The van der Waals surface area contributed by atoms with Crippen LogP contribution in [0.2, 0.25) is 0 Å². The van der Waals surface area contributed by atoms with Gasteiger partial charge in [-0.2, -0.15) is 0 Å². The van der Waals surface area contributed by atoms with Crippen LogP contribution in [0.4, 0.5) is 0 Å². The zero-order valence-electron chi connectivity index (χ0n) is 62.0. The van der Waals surface area contributed by atoms with Crippen molar-refractivity contribution in [1.82, 2.24) is 0 Å². The van der Waals surface area contributed by atoms with Crippen molar-refractivity contribution < 1.29 is 80.2 Å². The molecule has 0 aliphatic rings. The molecule has 0 amide bonds. The van der Waals surface area contributed by atoms with E-state index in [-0.39, 0.29) is 25.7 Å². The molecule has 19 heteroatoms. The van der Waals surface area contributed by atoms with Gasteiger partial charge in [-0.25, -0.2) is 9.13 Å². The first-order valence-electron chi connectivity index (χ1n) is 39.5. The Kier molecular flexibility index (Phi) is 67.8. The molecule has 566 valence electrons. The maximum absolute atomic E-state index is 13.1. The molecule has 0 aromatic carbocycles. The third kappa shape index (κ3) is 70.0. The molecule has 0 bridgehead atoms. The molecule has 0 saturated heterocycles. The molecule has 0 radical (unpaired) electrons. The van der Waals surface area contributed by atoms with Crippen molar-refractivity contribution in [3.05, 3.63) is 24.3 Å². The molecule has 96 heavy (non-hydrogen) atoms. The van der Waals surface area contributed by atoms with Gasteiger partial charge >= 0.3 is 39.5 Å². The fraction of sp³-hybridized carbons (Fsp3) is 0.896. The number of carbonyl (C=O) groups is 4. The van der Waals surface area contributed by atoms with Crippen LogP contribution in [0.5, 0.6) is 0 Å². The van der Waals surface area contributed by atoms with E-state index in [1.807, 2.05) is 0 Å². The number of aliphatic hydroxyl groups is 1. The van der Waals surface area contributed by atoms with Crippen LogP contribution in [0.25, 0.3) is 0 Å². The molecular weight excluding hydrogens is 1260 g/mol. The van der Waals surface area contributed by atoms with E-state index in [9.17, 15) is 43.2 Å². The number of aliphatic hydroxyl groups excluding tert-OH is 1. The Hall–Kier alpha value is -2.46. The van der Waals surface area contributed by atoms with Crippen molar-refractivity contribution in [2.24, 2.45) is 5.92 Å². The molecule has 5 atom stereocenters. The van der Waals surface area contributed by atoms with Crippen LogP contribution in [-0.2, 0) is 65.4 Å². The summed E-state index contributed by atoms with van der Waals surface area (Å²) in [5.41, 5.74) is 0. The Morgan fingerprint density at radius 3 is 0.854 bits per heavy atom. The minimum Gasteiger partial charge on any atom is -0.462 e. The molecule has 0 aromatic rings. The van der Waals surface area contributed by atoms with E-state index in [0.29, 0.717) is 25.7 Å². The van der Waals surface area contributed by atoms with Gasteiger partial charge in [0.15, 0.2) is 12.2 Å². The SMILES string of the molecule is CCCCCC/C=C\C=C/CCCCCCCC(=O)OC[C@H](COP(=O)(O)OC[C@@H](O)COP(=O)(O)OC[C@@H](COC(=O)CCCCCCCCCCCCCC)OC(=O)CCCCCCCCCCCCC(C)C)OC(=O)CCCCCCCCCCCCCCCCCC. The van der Waals surface area contributed by atoms with Gasteiger partial charge in [-0.15, -0.1) is 0 Å². The summed E-state index contributed by atoms with van der Waals surface area (Å²) in [6.07, 6.45) is 61.7. The normalized spacial score (nSPS) is 14.1. The Bertz CT molecular complexity index is 1930. The van der Waals surface area contributed by atoms with Crippen molar-refractivity contribution in [3.8, 4) is 0 Å². The van der Waals surface area contributed by atoms with E-state index in [1.165, 1.54) is 186 Å². The van der Waals surface area contributed by atoms with Gasteiger partial charge in [0, 0.05) is 25.7 Å². The monoisotopic (exact) mass is 1410 g/mol. The van der Waals surface area contributed by atoms with Crippen molar-refractivity contribution >= 4 is 39.5 Å². The number of hydrogen-bond acceptors (Lipinski definition) is 15. The Morgan fingerprint density at radius 1 is 0.323 bits per heavy atom. The Labute approximate surface area is 586 Å². The molecule has 0 fully saturated rings. The van der Waals surface area contributed by atoms with Crippen LogP contribution in [0, 0.1) is 5.92 Å². The van der Waals surface area contributed by atoms with E-state index in [2.05, 4.69) is 58.9 Å². The molecular formula is C77H146O17P2. The van der Waals surface area contributed by atoms with Crippen LogP contribution in [-0.4, -0.2) is 96.7 Å². The highest BCUT2D eigenvalue weighted by Gasteiger charge is 2.30. The molecule has 2 unspecified atom stereocenters. The number of hydrogen-bond donors (Lipinski definition) is 3. The zero-order valence-corrected chi connectivity index (χ0v) is 63.8. The first-order valence-corrected chi connectivity index (χ1v) is 42.4. The highest BCUT2D eigenvalue weighted by Crippen LogP contribution is 2.45. The van der Waals surface area contributed by atoms with Crippen LogP contribution in [0.15, 0.2) is 24.3 Å². The number of phosphoric ester groups is 2. The predicted octanol–water partition coefficient (Wildman–Crippen LogP) is 22.4. The van der Waals surface area contributed by atoms with E-state index in [1.54, 1.807) is 0 Å². The van der Waals surface area contributed by atoms with Gasteiger partial charge in [-0.05, 0) is 57.3 Å². The summed E-state index contributed by atoms with van der Waals surface area (Å²) in [4.78, 5) is 72.9. The molecule has 0 aliphatic carbocycles. The van der Waals surface area contributed by atoms with Crippen molar-refractivity contribution in [1.29, 1.82) is 0 Å². The molecule has 0 saturated carbocycles. The van der Waals surface area contributed by atoms with Crippen LogP contribution < -0.4 is 0 Å². The lowest BCUT2D eigenvalue weighted by Crippen LogP contribution is -2.30. The molecule has 0 heterocycles. The number of ether oxygens (including phenoxy) is 4. The lowest BCUT2D eigenvalue weighted by Gasteiger charge is -2.21. The molecule has 0 aliphatic heterocycles. The fourth-order valence-electron chi connectivity index (χ4n) is 11.3. The number of esters is 4. The largest absolute Gasteiger partial charge is 0.472 e. The van der Waals surface area contributed by atoms with Crippen molar-refractivity contribution in [3.63, 3.8) is 0 Å². The lowest BCUT2D eigenvalue weighted by molar-refractivity contribution is -0.161. The van der Waals surface area contributed by atoms with Crippen molar-refractivity contribution in [2.45, 2.75) is 400 Å². The highest BCUT2D eigenvalue weighted by molar-refractivity contribution is 7.47. The van der Waals surface area contributed by atoms with Gasteiger partial charge in [-0.1, -0.05) is 329 Å². The number of phosphoric acid groups is 2. The molecule has 0 aromatic heterocycles. The van der Waals surface area contributed by atoms with Gasteiger partial charge < -0.3 is 33.8 Å². The highest BCUT2D eigenvalue weighted by atomic mass is 31.2. The number of carbonyl (C=O) groups excluding carboxylic acids is 4. The van der Waals surface area contributed by atoms with E-state index < -0.39 is 97.5 Å². The summed E-state index contributed by atoms with van der Waals surface area (Å²) in [5.74, 6) is -1.39. The van der Waals surface area contributed by atoms with Crippen LogP contribution in [0.1, 0.15) is 381 Å². The summed E-state index contributed by atoms with van der Waals surface area (Å²) >= 11 is 0.